The lowest BCUT2D eigenvalue weighted by molar-refractivity contribution is 0.0311. The number of rotatable bonds is 6. The van der Waals surface area contributed by atoms with E-state index in [0.717, 1.165) is 51.6 Å². The van der Waals surface area contributed by atoms with Gasteiger partial charge in [-0.25, -0.2) is 0 Å². The monoisotopic (exact) mass is 277 g/mol. The highest BCUT2D eigenvalue weighted by Gasteiger charge is 2.14. The molecule has 112 valence electrons. The summed E-state index contributed by atoms with van der Waals surface area (Å²) in [6.07, 6.45) is 0. The fraction of sp³-hybridized carbons (Fsp3) is 0.625. The molecule has 0 spiro atoms. The van der Waals surface area contributed by atoms with Crippen molar-refractivity contribution < 1.29 is 4.74 Å². The lowest BCUT2D eigenvalue weighted by atomic mass is 10.1. The summed E-state index contributed by atoms with van der Waals surface area (Å²) in [5, 5.41) is 0. The first-order chi connectivity index (χ1) is 9.65. The van der Waals surface area contributed by atoms with Crippen LogP contribution in [0.5, 0.6) is 0 Å². The van der Waals surface area contributed by atoms with Crippen molar-refractivity contribution in [3.8, 4) is 0 Å². The van der Waals surface area contributed by atoms with Gasteiger partial charge in [-0.1, -0.05) is 12.1 Å². The SMILES string of the molecule is CC(C)N(CCN1CCOCC1)Cc1cccc(N)c1. The molecule has 0 amide bonds. The summed E-state index contributed by atoms with van der Waals surface area (Å²) in [7, 11) is 0. The van der Waals surface area contributed by atoms with E-state index in [1.165, 1.54) is 5.56 Å². The summed E-state index contributed by atoms with van der Waals surface area (Å²) in [5.74, 6) is 0. The third-order valence-electron chi connectivity index (χ3n) is 3.87. The number of anilines is 1. The quantitative estimate of drug-likeness (QED) is 0.805. The number of benzene rings is 1. The number of nitrogen functional groups attached to an aromatic ring is 1. The fourth-order valence-corrected chi connectivity index (χ4v) is 2.54. The zero-order valence-corrected chi connectivity index (χ0v) is 12.7. The zero-order chi connectivity index (χ0) is 14.4. The van der Waals surface area contributed by atoms with Crippen LogP contribution in [0.3, 0.4) is 0 Å². The fourth-order valence-electron chi connectivity index (χ4n) is 2.54. The van der Waals surface area contributed by atoms with E-state index in [9.17, 15) is 0 Å². The summed E-state index contributed by atoms with van der Waals surface area (Å²) in [5.41, 5.74) is 8.00. The van der Waals surface area contributed by atoms with Crippen molar-refractivity contribution in [2.24, 2.45) is 0 Å². The molecule has 1 aromatic rings. The molecule has 2 rings (SSSR count). The average molecular weight is 277 g/mol. The molecule has 0 radical (unpaired) electrons. The Morgan fingerprint density at radius 2 is 2.05 bits per heavy atom. The predicted molar refractivity (Wildman–Crippen MR) is 83.7 cm³/mol. The van der Waals surface area contributed by atoms with Gasteiger partial charge < -0.3 is 10.5 Å². The van der Waals surface area contributed by atoms with Crippen LogP contribution in [0.4, 0.5) is 5.69 Å². The second-order valence-electron chi connectivity index (χ2n) is 5.76. The van der Waals surface area contributed by atoms with Crippen LogP contribution < -0.4 is 5.73 Å². The van der Waals surface area contributed by atoms with Crippen LogP contribution >= 0.6 is 0 Å². The molecule has 0 aliphatic carbocycles. The number of nitrogens with zero attached hydrogens (tertiary/aromatic N) is 2. The van der Waals surface area contributed by atoms with Crippen LogP contribution in [0, 0.1) is 0 Å². The van der Waals surface area contributed by atoms with E-state index in [1.807, 2.05) is 12.1 Å². The Hall–Kier alpha value is -1.10. The van der Waals surface area contributed by atoms with Gasteiger partial charge in [0.1, 0.15) is 0 Å². The molecule has 0 saturated carbocycles. The number of ether oxygens (including phenoxy) is 1. The maximum Gasteiger partial charge on any atom is 0.0594 e. The predicted octanol–water partition coefficient (Wildman–Crippen LogP) is 1.81. The molecule has 1 aliphatic heterocycles. The minimum Gasteiger partial charge on any atom is -0.399 e. The van der Waals surface area contributed by atoms with Gasteiger partial charge in [-0.2, -0.15) is 0 Å². The highest BCUT2D eigenvalue weighted by Crippen LogP contribution is 2.12. The van der Waals surface area contributed by atoms with Crippen molar-refractivity contribution in [3.05, 3.63) is 29.8 Å². The van der Waals surface area contributed by atoms with E-state index >= 15 is 0 Å². The maximum atomic E-state index is 5.86. The van der Waals surface area contributed by atoms with Crippen LogP contribution in [-0.2, 0) is 11.3 Å². The van der Waals surface area contributed by atoms with Crippen molar-refractivity contribution in [1.82, 2.24) is 9.80 Å². The topological polar surface area (TPSA) is 41.7 Å². The highest BCUT2D eigenvalue weighted by atomic mass is 16.5. The Bertz CT molecular complexity index is 402. The molecule has 0 unspecified atom stereocenters. The van der Waals surface area contributed by atoms with Crippen LogP contribution in [-0.4, -0.2) is 55.2 Å². The Morgan fingerprint density at radius 1 is 1.30 bits per heavy atom. The standard InChI is InChI=1S/C16H27N3O/c1-14(2)19(7-6-18-8-10-20-11-9-18)13-15-4-3-5-16(17)12-15/h3-5,12,14H,6-11,13,17H2,1-2H3. The molecule has 1 aromatic carbocycles. The normalized spacial score (nSPS) is 17.0. The molecular weight excluding hydrogens is 250 g/mol. The lowest BCUT2D eigenvalue weighted by Crippen LogP contribution is -2.42. The third kappa shape index (κ3) is 4.78. The number of hydrogen-bond donors (Lipinski definition) is 1. The van der Waals surface area contributed by atoms with Gasteiger partial charge in [-0.05, 0) is 31.5 Å². The van der Waals surface area contributed by atoms with E-state index in [0.29, 0.717) is 6.04 Å². The minimum atomic E-state index is 0.539. The Morgan fingerprint density at radius 3 is 2.70 bits per heavy atom. The van der Waals surface area contributed by atoms with E-state index in [2.05, 4.69) is 35.8 Å². The van der Waals surface area contributed by atoms with Gasteiger partial charge >= 0.3 is 0 Å². The molecule has 4 nitrogen and oxygen atoms in total. The van der Waals surface area contributed by atoms with Gasteiger partial charge in [0.25, 0.3) is 0 Å². The van der Waals surface area contributed by atoms with Gasteiger partial charge in [0.2, 0.25) is 0 Å². The minimum absolute atomic E-state index is 0.539. The van der Waals surface area contributed by atoms with Gasteiger partial charge in [0.15, 0.2) is 0 Å². The molecular formula is C16H27N3O. The third-order valence-corrected chi connectivity index (χ3v) is 3.87. The van der Waals surface area contributed by atoms with E-state index in [-0.39, 0.29) is 0 Å². The van der Waals surface area contributed by atoms with Crippen LogP contribution in [0.2, 0.25) is 0 Å². The van der Waals surface area contributed by atoms with Crippen LogP contribution in [0.25, 0.3) is 0 Å². The number of nitrogens with two attached hydrogens (primary N) is 1. The highest BCUT2D eigenvalue weighted by molar-refractivity contribution is 5.40. The van der Waals surface area contributed by atoms with Crippen molar-refractivity contribution in [3.63, 3.8) is 0 Å². The Kier molecular flexibility index (Phi) is 5.83. The Labute approximate surface area is 122 Å². The molecule has 0 atom stereocenters. The van der Waals surface area contributed by atoms with Crippen LogP contribution in [0.1, 0.15) is 19.4 Å². The summed E-state index contributed by atoms with van der Waals surface area (Å²) in [4.78, 5) is 4.99. The first-order valence-corrected chi connectivity index (χ1v) is 7.53. The van der Waals surface area contributed by atoms with Crippen LogP contribution in [0.15, 0.2) is 24.3 Å². The summed E-state index contributed by atoms with van der Waals surface area (Å²) in [6.45, 7) is 11.5. The Balaban J connectivity index is 1.86. The molecule has 1 fully saturated rings. The zero-order valence-electron chi connectivity index (χ0n) is 12.7. The molecule has 1 saturated heterocycles. The first kappa shape index (κ1) is 15.3. The van der Waals surface area contributed by atoms with Gasteiger partial charge in [-0.15, -0.1) is 0 Å². The second-order valence-corrected chi connectivity index (χ2v) is 5.76. The summed E-state index contributed by atoms with van der Waals surface area (Å²) < 4.78 is 5.39. The largest absolute Gasteiger partial charge is 0.399 e. The van der Waals surface area contributed by atoms with E-state index in [4.69, 9.17) is 10.5 Å². The van der Waals surface area contributed by atoms with Gasteiger partial charge in [-0.3, -0.25) is 9.80 Å². The average Bonchev–Trinajstić information content (AvgIpc) is 2.44. The molecule has 2 N–H and O–H groups in total. The summed E-state index contributed by atoms with van der Waals surface area (Å²) in [6, 6.07) is 8.74. The molecule has 20 heavy (non-hydrogen) atoms. The van der Waals surface area contributed by atoms with Gasteiger partial charge in [0, 0.05) is 44.5 Å². The van der Waals surface area contributed by atoms with E-state index in [1.54, 1.807) is 0 Å². The maximum absolute atomic E-state index is 5.86. The van der Waals surface area contributed by atoms with Crippen molar-refractivity contribution in [2.45, 2.75) is 26.4 Å². The molecule has 0 bridgehead atoms. The lowest BCUT2D eigenvalue weighted by Gasteiger charge is -2.32. The number of morpholine rings is 1. The van der Waals surface area contributed by atoms with E-state index < -0.39 is 0 Å². The van der Waals surface area contributed by atoms with Crippen molar-refractivity contribution in [2.75, 3.05) is 45.1 Å². The molecule has 4 heteroatoms. The smallest absolute Gasteiger partial charge is 0.0594 e. The molecule has 0 aromatic heterocycles. The second kappa shape index (κ2) is 7.62. The van der Waals surface area contributed by atoms with Crippen molar-refractivity contribution >= 4 is 5.69 Å². The molecule has 1 aliphatic rings. The van der Waals surface area contributed by atoms with Crippen molar-refractivity contribution in [1.29, 1.82) is 0 Å². The first-order valence-electron chi connectivity index (χ1n) is 7.53. The summed E-state index contributed by atoms with van der Waals surface area (Å²) >= 11 is 0. The molecule has 1 heterocycles. The van der Waals surface area contributed by atoms with Gasteiger partial charge in [0.05, 0.1) is 13.2 Å². The number of hydrogen-bond acceptors (Lipinski definition) is 4.